The third-order valence-corrected chi connectivity index (χ3v) is 3.71. The molecule has 4 unspecified atom stereocenters. The first-order chi connectivity index (χ1) is 7.43. The molecular weight excluding hydrogens is 204 g/mol. The van der Waals surface area contributed by atoms with E-state index in [-0.39, 0.29) is 35.9 Å². The topological polar surface area (TPSA) is 49.4 Å². The van der Waals surface area contributed by atoms with Crippen molar-refractivity contribution in [3.05, 3.63) is 0 Å². The number of piperazine rings is 1. The summed E-state index contributed by atoms with van der Waals surface area (Å²) >= 11 is 0. The quantitative estimate of drug-likeness (QED) is 0.753. The molecule has 1 heterocycles. The summed E-state index contributed by atoms with van der Waals surface area (Å²) in [6, 6.07) is -0.358. The van der Waals surface area contributed by atoms with E-state index >= 15 is 0 Å². The molecule has 1 aliphatic carbocycles. The number of amides is 2. The van der Waals surface area contributed by atoms with E-state index in [1.165, 1.54) is 0 Å². The first-order valence-corrected chi connectivity index (χ1v) is 6.06. The van der Waals surface area contributed by atoms with E-state index < -0.39 is 0 Å². The zero-order valence-corrected chi connectivity index (χ0v) is 10.4. The van der Waals surface area contributed by atoms with E-state index in [0.717, 1.165) is 6.42 Å². The summed E-state index contributed by atoms with van der Waals surface area (Å²) in [5.74, 6) is 0.777. The first kappa shape index (κ1) is 11.4. The average molecular weight is 224 g/mol. The second-order valence-corrected chi connectivity index (χ2v) is 5.43. The third kappa shape index (κ3) is 1.70. The number of nitrogens with zero attached hydrogens (tertiary/aromatic N) is 1. The van der Waals surface area contributed by atoms with Crippen LogP contribution in [0, 0.1) is 11.8 Å². The molecule has 0 bridgehead atoms. The summed E-state index contributed by atoms with van der Waals surface area (Å²) in [4.78, 5) is 25.9. The number of nitrogens with one attached hydrogen (secondary N) is 1. The van der Waals surface area contributed by atoms with Crippen molar-refractivity contribution in [2.24, 2.45) is 11.8 Å². The van der Waals surface area contributed by atoms with Crippen LogP contribution in [-0.2, 0) is 9.59 Å². The molecule has 2 amide bonds. The van der Waals surface area contributed by atoms with E-state index in [9.17, 15) is 9.59 Å². The molecule has 0 spiro atoms. The Kier molecular flexibility index (Phi) is 2.68. The normalized spacial score (nSPS) is 38.9. The van der Waals surface area contributed by atoms with E-state index in [2.05, 4.69) is 12.2 Å². The van der Waals surface area contributed by atoms with Crippen molar-refractivity contribution in [1.29, 1.82) is 0 Å². The molecule has 1 saturated heterocycles. The molecule has 1 aliphatic heterocycles. The Bertz CT molecular complexity index is 327. The van der Waals surface area contributed by atoms with Crippen LogP contribution in [0.5, 0.6) is 0 Å². The lowest BCUT2D eigenvalue weighted by Crippen LogP contribution is -2.64. The van der Waals surface area contributed by atoms with Crippen molar-refractivity contribution < 1.29 is 9.59 Å². The molecule has 0 aromatic carbocycles. The fourth-order valence-electron chi connectivity index (χ4n) is 2.41. The molecule has 4 atom stereocenters. The zero-order chi connectivity index (χ0) is 12.0. The van der Waals surface area contributed by atoms with Crippen molar-refractivity contribution in [2.45, 2.75) is 52.2 Å². The predicted octanol–water partition coefficient (Wildman–Crippen LogP) is 0.766. The maximum absolute atomic E-state index is 12.3. The van der Waals surface area contributed by atoms with Crippen LogP contribution in [0.25, 0.3) is 0 Å². The van der Waals surface area contributed by atoms with Crippen LogP contribution in [-0.4, -0.2) is 34.8 Å². The third-order valence-electron chi connectivity index (χ3n) is 3.71. The van der Waals surface area contributed by atoms with Gasteiger partial charge >= 0.3 is 0 Å². The van der Waals surface area contributed by atoms with Crippen LogP contribution in [0.3, 0.4) is 0 Å². The Morgan fingerprint density at radius 3 is 2.31 bits per heavy atom. The van der Waals surface area contributed by atoms with Gasteiger partial charge in [0.2, 0.25) is 11.8 Å². The maximum atomic E-state index is 12.3. The second-order valence-electron chi connectivity index (χ2n) is 5.43. The fourth-order valence-corrected chi connectivity index (χ4v) is 2.41. The summed E-state index contributed by atoms with van der Waals surface area (Å²) in [5.41, 5.74) is 0. The SMILES string of the molecule is CC(C)C1NC(=O)C(C)N(C2CC2C)C1=O. The van der Waals surface area contributed by atoms with Crippen molar-refractivity contribution >= 4 is 11.8 Å². The van der Waals surface area contributed by atoms with Gasteiger partial charge in [0.05, 0.1) is 0 Å². The highest BCUT2D eigenvalue weighted by Crippen LogP contribution is 2.37. The van der Waals surface area contributed by atoms with Gasteiger partial charge in [-0.05, 0) is 25.2 Å². The number of carbonyl (C=O) groups is 2. The molecule has 90 valence electrons. The van der Waals surface area contributed by atoms with E-state index in [1.54, 1.807) is 4.90 Å². The molecule has 0 radical (unpaired) electrons. The van der Waals surface area contributed by atoms with Gasteiger partial charge < -0.3 is 10.2 Å². The van der Waals surface area contributed by atoms with Crippen LogP contribution < -0.4 is 5.32 Å². The number of hydrogen-bond acceptors (Lipinski definition) is 2. The summed E-state index contributed by atoms with van der Waals surface area (Å²) < 4.78 is 0. The molecule has 0 aromatic rings. The largest absolute Gasteiger partial charge is 0.342 e. The van der Waals surface area contributed by atoms with Crippen molar-refractivity contribution in [3.8, 4) is 0 Å². The molecule has 2 fully saturated rings. The minimum absolute atomic E-state index is 0.0163. The number of rotatable bonds is 2. The smallest absolute Gasteiger partial charge is 0.246 e. The average Bonchev–Trinajstić information content (AvgIpc) is 2.89. The summed E-state index contributed by atoms with van der Waals surface area (Å²) in [6.45, 7) is 7.87. The van der Waals surface area contributed by atoms with E-state index in [4.69, 9.17) is 0 Å². The van der Waals surface area contributed by atoms with Crippen LogP contribution in [0.15, 0.2) is 0 Å². The Hall–Kier alpha value is -1.06. The molecule has 2 rings (SSSR count). The monoisotopic (exact) mass is 224 g/mol. The van der Waals surface area contributed by atoms with Gasteiger partial charge in [-0.2, -0.15) is 0 Å². The van der Waals surface area contributed by atoms with E-state index in [1.807, 2.05) is 20.8 Å². The van der Waals surface area contributed by atoms with Crippen LogP contribution >= 0.6 is 0 Å². The molecule has 16 heavy (non-hydrogen) atoms. The van der Waals surface area contributed by atoms with Crippen LogP contribution in [0.1, 0.15) is 34.1 Å². The highest BCUT2D eigenvalue weighted by molar-refractivity contribution is 5.97. The highest BCUT2D eigenvalue weighted by Gasteiger charge is 2.49. The van der Waals surface area contributed by atoms with Crippen molar-refractivity contribution in [1.82, 2.24) is 10.2 Å². The lowest BCUT2D eigenvalue weighted by molar-refractivity contribution is -0.150. The standard InChI is InChI=1S/C12H20N2O2/c1-6(2)10-12(16)14(9-5-7(9)3)8(4)11(15)13-10/h6-10H,5H2,1-4H3,(H,13,15). The lowest BCUT2D eigenvalue weighted by Gasteiger charge is -2.39. The molecule has 1 saturated carbocycles. The Balaban J connectivity index is 2.20. The number of hydrogen-bond donors (Lipinski definition) is 1. The van der Waals surface area contributed by atoms with Gasteiger partial charge in [0.1, 0.15) is 12.1 Å². The molecule has 4 heteroatoms. The Labute approximate surface area is 96.4 Å². The molecule has 2 aliphatic rings. The Morgan fingerprint density at radius 2 is 1.88 bits per heavy atom. The first-order valence-electron chi connectivity index (χ1n) is 6.06. The van der Waals surface area contributed by atoms with Gasteiger partial charge in [-0.1, -0.05) is 20.8 Å². The van der Waals surface area contributed by atoms with Crippen molar-refractivity contribution in [2.75, 3.05) is 0 Å². The lowest BCUT2D eigenvalue weighted by atomic mass is 9.98. The minimum Gasteiger partial charge on any atom is -0.342 e. The van der Waals surface area contributed by atoms with Crippen LogP contribution in [0.2, 0.25) is 0 Å². The van der Waals surface area contributed by atoms with Gasteiger partial charge in [-0.15, -0.1) is 0 Å². The number of carbonyl (C=O) groups excluding carboxylic acids is 2. The minimum atomic E-state index is -0.337. The maximum Gasteiger partial charge on any atom is 0.246 e. The highest BCUT2D eigenvalue weighted by atomic mass is 16.2. The molecule has 0 aromatic heterocycles. The van der Waals surface area contributed by atoms with Gasteiger partial charge in [0, 0.05) is 6.04 Å². The predicted molar refractivity (Wildman–Crippen MR) is 60.6 cm³/mol. The summed E-state index contributed by atoms with van der Waals surface area (Å²) in [5, 5.41) is 2.81. The fraction of sp³-hybridized carbons (Fsp3) is 0.833. The zero-order valence-electron chi connectivity index (χ0n) is 10.4. The van der Waals surface area contributed by atoms with Crippen LogP contribution in [0.4, 0.5) is 0 Å². The van der Waals surface area contributed by atoms with Gasteiger partial charge in [0.25, 0.3) is 0 Å². The summed E-state index contributed by atoms with van der Waals surface area (Å²) in [6.07, 6.45) is 1.04. The second kappa shape index (κ2) is 3.75. The van der Waals surface area contributed by atoms with Gasteiger partial charge in [-0.25, -0.2) is 0 Å². The van der Waals surface area contributed by atoms with Gasteiger partial charge in [0.15, 0.2) is 0 Å². The molecular formula is C12H20N2O2. The van der Waals surface area contributed by atoms with Crippen molar-refractivity contribution in [3.63, 3.8) is 0 Å². The molecule has 4 nitrogen and oxygen atoms in total. The molecule has 1 N–H and O–H groups in total. The summed E-state index contributed by atoms with van der Waals surface area (Å²) in [7, 11) is 0. The van der Waals surface area contributed by atoms with E-state index in [0.29, 0.717) is 5.92 Å². The van der Waals surface area contributed by atoms with Gasteiger partial charge in [-0.3, -0.25) is 9.59 Å². The Morgan fingerprint density at radius 1 is 1.31 bits per heavy atom.